The molecule has 1 saturated heterocycles. The third kappa shape index (κ3) is 2.90. The Bertz CT molecular complexity index is 726. The number of aromatic amines is 1. The monoisotopic (exact) mass is 324 g/mol. The third-order valence-corrected chi connectivity index (χ3v) is 5.80. The van der Waals surface area contributed by atoms with Gasteiger partial charge in [-0.3, -0.25) is 4.99 Å². The summed E-state index contributed by atoms with van der Waals surface area (Å²) in [7, 11) is 0. The molecule has 24 heavy (non-hydrogen) atoms. The van der Waals surface area contributed by atoms with Crippen LogP contribution >= 0.6 is 0 Å². The number of aromatic nitrogens is 1. The SMILES string of the molecule is CCNC(=NCCc1c[nH]c2ccccc12)N1CCC2(CCC2)C1. The van der Waals surface area contributed by atoms with Crippen LogP contribution in [0.1, 0.15) is 38.2 Å². The van der Waals surface area contributed by atoms with Crippen molar-refractivity contribution >= 4 is 16.9 Å². The molecular weight excluding hydrogens is 296 g/mol. The van der Waals surface area contributed by atoms with Gasteiger partial charge in [0.25, 0.3) is 0 Å². The quantitative estimate of drug-likeness (QED) is 0.667. The van der Waals surface area contributed by atoms with Gasteiger partial charge in [0.15, 0.2) is 5.96 Å². The van der Waals surface area contributed by atoms with E-state index in [0.717, 1.165) is 25.5 Å². The molecular formula is C20H28N4. The summed E-state index contributed by atoms with van der Waals surface area (Å²) in [6.45, 7) is 6.30. The van der Waals surface area contributed by atoms with Gasteiger partial charge in [-0.1, -0.05) is 24.6 Å². The van der Waals surface area contributed by atoms with Gasteiger partial charge in [0, 0.05) is 43.3 Å². The lowest BCUT2D eigenvalue weighted by molar-refractivity contribution is 0.151. The molecule has 0 amide bonds. The number of benzene rings is 1. The lowest BCUT2D eigenvalue weighted by Gasteiger charge is -2.38. The number of para-hydroxylation sites is 1. The summed E-state index contributed by atoms with van der Waals surface area (Å²) in [5.74, 6) is 1.11. The van der Waals surface area contributed by atoms with Gasteiger partial charge in [-0.05, 0) is 49.7 Å². The molecule has 128 valence electrons. The van der Waals surface area contributed by atoms with Gasteiger partial charge >= 0.3 is 0 Å². The standard InChI is InChI=1S/C20H28N4/c1-2-21-19(24-13-11-20(15-24)9-5-10-20)22-12-8-16-14-23-18-7-4-3-6-17(16)18/h3-4,6-7,14,23H,2,5,8-13,15H2,1H3,(H,21,22). The van der Waals surface area contributed by atoms with Crippen molar-refractivity contribution in [1.29, 1.82) is 0 Å². The van der Waals surface area contributed by atoms with Crippen molar-refractivity contribution in [1.82, 2.24) is 15.2 Å². The van der Waals surface area contributed by atoms with Crippen molar-refractivity contribution in [2.24, 2.45) is 10.4 Å². The largest absolute Gasteiger partial charge is 0.361 e. The molecule has 4 rings (SSSR count). The number of guanidine groups is 1. The average Bonchev–Trinajstić information content (AvgIpc) is 3.19. The number of H-pyrrole nitrogens is 1. The Morgan fingerprint density at radius 2 is 2.17 bits per heavy atom. The van der Waals surface area contributed by atoms with Crippen molar-refractivity contribution in [3.8, 4) is 0 Å². The maximum atomic E-state index is 4.92. The molecule has 1 aromatic heterocycles. The summed E-state index contributed by atoms with van der Waals surface area (Å²) in [4.78, 5) is 10.8. The number of nitrogens with zero attached hydrogens (tertiary/aromatic N) is 2. The summed E-state index contributed by atoms with van der Waals surface area (Å²) in [5, 5.41) is 4.82. The van der Waals surface area contributed by atoms with Crippen LogP contribution in [0.15, 0.2) is 35.5 Å². The predicted octanol–water partition coefficient (Wildman–Crippen LogP) is 3.55. The summed E-state index contributed by atoms with van der Waals surface area (Å²) >= 11 is 0. The van der Waals surface area contributed by atoms with Crippen LogP contribution in [-0.2, 0) is 6.42 Å². The highest BCUT2D eigenvalue weighted by atomic mass is 15.3. The van der Waals surface area contributed by atoms with Gasteiger partial charge in [0.2, 0.25) is 0 Å². The number of aliphatic imine (C=N–C) groups is 1. The molecule has 0 bridgehead atoms. The van der Waals surface area contributed by atoms with Crippen LogP contribution in [0.25, 0.3) is 10.9 Å². The zero-order chi connectivity index (χ0) is 16.4. The molecule has 2 fully saturated rings. The fraction of sp³-hybridized carbons (Fsp3) is 0.550. The minimum Gasteiger partial charge on any atom is -0.361 e. The number of likely N-dealkylation sites (tertiary alicyclic amines) is 1. The predicted molar refractivity (Wildman–Crippen MR) is 100 cm³/mol. The average molecular weight is 324 g/mol. The first-order chi connectivity index (χ1) is 11.8. The van der Waals surface area contributed by atoms with E-state index in [4.69, 9.17) is 4.99 Å². The second-order valence-electron chi connectivity index (χ2n) is 7.37. The summed E-state index contributed by atoms with van der Waals surface area (Å²) in [6.07, 6.45) is 8.71. The third-order valence-electron chi connectivity index (χ3n) is 5.80. The maximum absolute atomic E-state index is 4.92. The molecule has 0 unspecified atom stereocenters. The minimum absolute atomic E-state index is 0.618. The van der Waals surface area contributed by atoms with Crippen LogP contribution in [0.4, 0.5) is 0 Å². The molecule has 1 aromatic carbocycles. The van der Waals surface area contributed by atoms with Gasteiger partial charge in [-0.15, -0.1) is 0 Å². The molecule has 4 heteroatoms. The molecule has 1 aliphatic carbocycles. The van der Waals surface area contributed by atoms with Crippen LogP contribution in [0.5, 0.6) is 0 Å². The van der Waals surface area contributed by atoms with E-state index < -0.39 is 0 Å². The van der Waals surface area contributed by atoms with Gasteiger partial charge in [0.1, 0.15) is 0 Å². The second-order valence-corrected chi connectivity index (χ2v) is 7.37. The van der Waals surface area contributed by atoms with E-state index in [1.807, 2.05) is 0 Å². The van der Waals surface area contributed by atoms with Crippen LogP contribution in [0.2, 0.25) is 0 Å². The molecule has 0 atom stereocenters. The molecule has 2 aliphatic rings. The Labute approximate surface area is 144 Å². The summed E-state index contributed by atoms with van der Waals surface area (Å²) < 4.78 is 0. The minimum atomic E-state index is 0.618. The number of rotatable bonds is 4. The first-order valence-corrected chi connectivity index (χ1v) is 9.38. The number of nitrogens with one attached hydrogen (secondary N) is 2. The smallest absolute Gasteiger partial charge is 0.193 e. The summed E-state index contributed by atoms with van der Waals surface area (Å²) in [6, 6.07) is 8.51. The molecule has 2 N–H and O–H groups in total. The maximum Gasteiger partial charge on any atom is 0.193 e. The van der Waals surface area contributed by atoms with Crippen LogP contribution in [-0.4, -0.2) is 42.0 Å². The normalized spacial score (nSPS) is 19.9. The van der Waals surface area contributed by atoms with E-state index in [1.165, 1.54) is 55.2 Å². The highest BCUT2D eigenvalue weighted by Gasteiger charge is 2.43. The van der Waals surface area contributed by atoms with Gasteiger partial charge in [-0.2, -0.15) is 0 Å². The molecule has 2 aromatic rings. The Morgan fingerprint density at radius 3 is 2.92 bits per heavy atom. The van der Waals surface area contributed by atoms with E-state index >= 15 is 0 Å². The van der Waals surface area contributed by atoms with E-state index in [0.29, 0.717) is 5.41 Å². The van der Waals surface area contributed by atoms with E-state index in [-0.39, 0.29) is 0 Å². The topological polar surface area (TPSA) is 43.4 Å². The van der Waals surface area contributed by atoms with Gasteiger partial charge in [-0.25, -0.2) is 0 Å². The van der Waals surface area contributed by atoms with Crippen LogP contribution in [0.3, 0.4) is 0 Å². The van der Waals surface area contributed by atoms with Crippen molar-refractivity contribution in [2.75, 3.05) is 26.2 Å². The molecule has 1 aliphatic heterocycles. The molecule has 1 spiro atoms. The first-order valence-electron chi connectivity index (χ1n) is 9.38. The van der Waals surface area contributed by atoms with E-state index in [9.17, 15) is 0 Å². The van der Waals surface area contributed by atoms with Gasteiger partial charge < -0.3 is 15.2 Å². The summed E-state index contributed by atoms with van der Waals surface area (Å²) in [5.41, 5.74) is 3.20. The Kier molecular flexibility index (Phi) is 4.21. The first kappa shape index (κ1) is 15.6. The number of fused-ring (bicyclic) bond motifs is 1. The fourth-order valence-electron chi connectivity index (χ4n) is 4.25. The van der Waals surface area contributed by atoms with Crippen molar-refractivity contribution in [3.05, 3.63) is 36.0 Å². The van der Waals surface area contributed by atoms with Crippen LogP contribution < -0.4 is 5.32 Å². The second kappa shape index (κ2) is 6.50. The number of hydrogen-bond acceptors (Lipinski definition) is 1. The lowest BCUT2D eigenvalue weighted by atomic mass is 9.68. The van der Waals surface area contributed by atoms with Gasteiger partial charge in [0.05, 0.1) is 0 Å². The highest BCUT2D eigenvalue weighted by Crippen LogP contribution is 2.47. The Morgan fingerprint density at radius 1 is 1.29 bits per heavy atom. The fourth-order valence-corrected chi connectivity index (χ4v) is 4.25. The van der Waals surface area contributed by atoms with Crippen molar-refractivity contribution in [2.45, 2.75) is 39.0 Å². The van der Waals surface area contributed by atoms with Crippen LogP contribution in [0, 0.1) is 5.41 Å². The van der Waals surface area contributed by atoms with Crippen molar-refractivity contribution in [3.63, 3.8) is 0 Å². The Hall–Kier alpha value is -1.97. The molecule has 1 saturated carbocycles. The van der Waals surface area contributed by atoms with Crippen molar-refractivity contribution < 1.29 is 0 Å². The molecule has 4 nitrogen and oxygen atoms in total. The lowest BCUT2D eigenvalue weighted by Crippen LogP contribution is -2.42. The number of hydrogen-bond donors (Lipinski definition) is 2. The Balaban J connectivity index is 1.42. The zero-order valence-corrected chi connectivity index (χ0v) is 14.6. The molecule has 2 heterocycles. The zero-order valence-electron chi connectivity index (χ0n) is 14.6. The highest BCUT2D eigenvalue weighted by molar-refractivity contribution is 5.83. The molecule has 0 radical (unpaired) electrons. The van der Waals surface area contributed by atoms with E-state index in [1.54, 1.807) is 0 Å². The van der Waals surface area contributed by atoms with E-state index in [2.05, 4.69) is 52.6 Å².